The first-order valence-electron chi connectivity index (χ1n) is 44.1. The highest BCUT2D eigenvalue weighted by Crippen LogP contribution is 2.52. The van der Waals surface area contributed by atoms with E-state index in [1.165, 1.54) is 12.8 Å². The molecule has 119 heavy (non-hydrogen) atoms. The maximum absolute atomic E-state index is 14.7. The van der Waals surface area contributed by atoms with Crippen LogP contribution in [0, 0.1) is 5.41 Å². The molecule has 0 unspecified atom stereocenters. The highest BCUT2D eigenvalue weighted by molar-refractivity contribution is 7.54. The summed E-state index contributed by atoms with van der Waals surface area (Å²) in [5, 5.41) is 11.7. The van der Waals surface area contributed by atoms with Crippen LogP contribution in [0.5, 0.6) is 0 Å². The number of esters is 1. The van der Waals surface area contributed by atoms with E-state index in [1.807, 2.05) is 152 Å². The summed E-state index contributed by atoms with van der Waals surface area (Å²) in [6.07, 6.45) is 26.3. The van der Waals surface area contributed by atoms with Gasteiger partial charge in [-0.15, -0.1) is 0 Å². The summed E-state index contributed by atoms with van der Waals surface area (Å²) >= 11 is 0. The first-order valence-corrected chi connectivity index (χ1v) is 47.6. The van der Waals surface area contributed by atoms with Gasteiger partial charge in [-0.05, 0) is 53.5 Å². The molecular weight excluding hydrogens is 1560 g/mol. The van der Waals surface area contributed by atoms with Crippen molar-refractivity contribution < 1.29 is 108 Å². The van der Waals surface area contributed by atoms with Crippen LogP contribution in [0.1, 0.15) is 201 Å². The first-order chi connectivity index (χ1) is 58.6. The Morgan fingerprint density at radius 1 is 0.269 bits per heavy atom. The van der Waals surface area contributed by atoms with Gasteiger partial charge in [-0.3, -0.25) is 23.5 Å². The molecule has 670 valence electrons. The fourth-order valence-electron chi connectivity index (χ4n) is 12.9. The molecule has 0 heterocycles. The molecule has 5 aromatic rings. The molecular formula is C93H145NO23P2. The highest BCUT2D eigenvalue weighted by atomic mass is 31.2. The van der Waals surface area contributed by atoms with E-state index in [2.05, 4.69) is 5.32 Å². The Morgan fingerprint density at radius 3 is 0.723 bits per heavy atom. The smallest absolute Gasteiger partial charge is 0.331 e. The number of hydrogen-bond donors (Lipinski definition) is 2. The summed E-state index contributed by atoms with van der Waals surface area (Å²) in [6, 6.07) is 48.9. The number of carbonyl (C=O) groups excluding carboxylic acids is 2. The van der Waals surface area contributed by atoms with Gasteiger partial charge in [0.1, 0.15) is 12.0 Å². The molecule has 0 aromatic heterocycles. The molecule has 0 radical (unpaired) electrons. The van der Waals surface area contributed by atoms with Crippen LogP contribution in [0.15, 0.2) is 152 Å². The van der Waals surface area contributed by atoms with E-state index in [0.717, 1.165) is 169 Å². The van der Waals surface area contributed by atoms with Crippen molar-refractivity contribution in [3.8, 4) is 0 Å². The zero-order chi connectivity index (χ0) is 84.2. The molecule has 24 nitrogen and oxygen atoms in total. The minimum absolute atomic E-state index is 0.0181. The van der Waals surface area contributed by atoms with E-state index >= 15 is 0 Å². The van der Waals surface area contributed by atoms with Crippen molar-refractivity contribution in [3.05, 3.63) is 179 Å². The predicted octanol–water partition coefficient (Wildman–Crippen LogP) is 18.9. The minimum Gasteiger partial charge on any atom is -0.481 e. The van der Waals surface area contributed by atoms with E-state index in [0.29, 0.717) is 171 Å². The molecule has 0 aliphatic heterocycles. The maximum atomic E-state index is 14.7. The number of hydrogen-bond acceptors (Lipinski definition) is 22. The Hall–Kier alpha value is -5.67. The number of unbranched alkanes of at least 4 members (excludes halogenated alkanes) is 22. The monoisotopic (exact) mass is 1710 g/mol. The van der Waals surface area contributed by atoms with Crippen molar-refractivity contribution in [3.63, 3.8) is 0 Å². The molecule has 0 fully saturated rings. The number of carboxylic acid groups (broad SMARTS) is 1. The zero-order valence-corrected chi connectivity index (χ0v) is 73.3. The number of nitrogens with one attached hydrogen (secondary N) is 1. The average Bonchev–Trinajstić information content (AvgIpc) is 0.806. The van der Waals surface area contributed by atoms with Gasteiger partial charge in [-0.25, -0.2) is 0 Å². The Balaban J connectivity index is 0.933. The van der Waals surface area contributed by atoms with Gasteiger partial charge in [0, 0.05) is 6.54 Å². The van der Waals surface area contributed by atoms with Gasteiger partial charge >= 0.3 is 27.1 Å². The molecule has 5 aromatic carbocycles. The molecule has 0 aliphatic carbocycles. The fraction of sp³-hybridized carbons (Fsp3) is 0.645. The third-order valence-electron chi connectivity index (χ3n) is 19.8. The lowest BCUT2D eigenvalue weighted by Crippen LogP contribution is -2.48. The van der Waals surface area contributed by atoms with Gasteiger partial charge in [0.15, 0.2) is 0 Å². The lowest BCUT2D eigenvalue weighted by atomic mass is 9.76. The van der Waals surface area contributed by atoms with Crippen LogP contribution < -0.4 is 5.32 Å². The summed E-state index contributed by atoms with van der Waals surface area (Å²) in [5.41, 5.74) is 3.40. The Morgan fingerprint density at radius 2 is 0.479 bits per heavy atom. The molecule has 2 N–H and O–H groups in total. The van der Waals surface area contributed by atoms with Gasteiger partial charge < -0.3 is 90.1 Å². The number of benzene rings is 5. The number of ether oxygens (including phenoxy) is 13. The van der Waals surface area contributed by atoms with Crippen molar-refractivity contribution in [2.24, 2.45) is 5.41 Å². The molecule has 0 bridgehead atoms. The number of rotatable bonds is 85. The van der Waals surface area contributed by atoms with Crippen molar-refractivity contribution in [1.82, 2.24) is 5.32 Å². The second-order valence-electron chi connectivity index (χ2n) is 29.6. The van der Waals surface area contributed by atoms with Crippen LogP contribution >= 0.6 is 15.2 Å². The van der Waals surface area contributed by atoms with Crippen molar-refractivity contribution in [1.29, 1.82) is 0 Å². The van der Waals surface area contributed by atoms with Crippen molar-refractivity contribution >= 4 is 33.0 Å². The predicted molar refractivity (Wildman–Crippen MR) is 464 cm³/mol. The molecule has 0 saturated carbocycles. The lowest BCUT2D eigenvalue weighted by molar-refractivity contribution is -0.164. The van der Waals surface area contributed by atoms with Crippen LogP contribution in [0.2, 0.25) is 0 Å². The Bertz CT molecular complexity index is 3040. The number of carboxylic acids is 1. The molecule has 1 amide bonds. The third kappa shape index (κ3) is 56.7. The maximum Gasteiger partial charge on any atom is 0.331 e. The van der Waals surface area contributed by atoms with Crippen molar-refractivity contribution in [2.75, 3.05) is 177 Å². The topological polar surface area (TPSA) is 275 Å². The molecule has 5 rings (SSSR count). The second kappa shape index (κ2) is 72.8. The van der Waals surface area contributed by atoms with Gasteiger partial charge in [0.25, 0.3) is 0 Å². The summed E-state index contributed by atoms with van der Waals surface area (Å²) in [7, 11) is -6.60. The molecule has 0 atom stereocenters. The molecule has 0 aliphatic rings. The van der Waals surface area contributed by atoms with E-state index < -0.39 is 32.5 Å². The van der Waals surface area contributed by atoms with Crippen LogP contribution in [0.3, 0.4) is 0 Å². The zero-order valence-electron chi connectivity index (χ0n) is 71.5. The first kappa shape index (κ1) is 104. The summed E-state index contributed by atoms with van der Waals surface area (Å²) in [4.78, 5) is 39.8. The van der Waals surface area contributed by atoms with Crippen LogP contribution in [-0.4, -0.2) is 200 Å². The SMILES string of the molecule is O=C(O)CCOCCOCCOCCOCCOCCOCCOCCOCCOCCOCCOCCOCCNC(=O)C(CCCCCCCCCCCCCCP(=O)(OCc1ccccc1)OCc1ccccc1)(CCCCCCCCCCCCCCP(=O)(OCc1ccccc1)OCc1ccccc1)C(=O)OCc1ccccc1. The third-order valence-corrected chi connectivity index (χ3v) is 23.6. The number of aliphatic carboxylic acids is 1. The fourth-order valence-corrected chi connectivity index (χ4v) is 16.2. The van der Waals surface area contributed by atoms with Gasteiger partial charge in [-0.2, -0.15) is 0 Å². The standard InChI is InChI=1S/C93H145NO23P2/c95-90(96)50-54-101-56-58-103-60-62-105-64-66-107-68-70-109-72-74-111-76-77-112-75-73-110-71-69-108-67-65-106-63-61-104-59-57-102-55-53-94-91(97)93(92(98)113-80-85-40-26-21-27-41-85,51-36-17-13-9-5-1-3-7-11-15-19-38-78-118(99,114-81-86-42-28-22-29-43-86)115-82-87-44-30-23-31-45-87)52-37-18-14-10-6-2-4-8-12-16-20-39-79-119(100,116-83-88-46-32-24-33-47-88)117-84-89-48-34-25-35-49-89/h21-35,40-49H,1-20,36-39,50-84H2,(H,94,97)(H,95,96). The van der Waals surface area contributed by atoms with Crippen molar-refractivity contribution in [2.45, 2.75) is 206 Å². The van der Waals surface area contributed by atoms with Crippen LogP contribution in [0.25, 0.3) is 0 Å². The van der Waals surface area contributed by atoms with Crippen LogP contribution in [0.4, 0.5) is 0 Å². The Labute approximate surface area is 711 Å². The summed E-state index contributed by atoms with van der Waals surface area (Å²) in [6.45, 7) is 11.1. The van der Waals surface area contributed by atoms with Crippen LogP contribution in [-0.2, 0) is 136 Å². The summed E-state index contributed by atoms with van der Waals surface area (Å²) < 4.78 is 125. The lowest BCUT2D eigenvalue weighted by Gasteiger charge is -2.31. The van der Waals surface area contributed by atoms with E-state index in [1.54, 1.807) is 0 Å². The highest BCUT2D eigenvalue weighted by Gasteiger charge is 2.46. The average molecular weight is 1710 g/mol. The largest absolute Gasteiger partial charge is 0.481 e. The van der Waals surface area contributed by atoms with E-state index in [4.69, 9.17) is 84.8 Å². The quantitative estimate of drug-likeness (QED) is 0.0158. The normalized spacial score (nSPS) is 11.9. The van der Waals surface area contributed by atoms with E-state index in [-0.39, 0.29) is 65.1 Å². The molecule has 0 spiro atoms. The van der Waals surface area contributed by atoms with E-state index in [9.17, 15) is 23.5 Å². The van der Waals surface area contributed by atoms with Gasteiger partial charge in [0.05, 0.1) is 204 Å². The minimum atomic E-state index is -3.30. The summed E-state index contributed by atoms with van der Waals surface area (Å²) in [5.74, 6) is -1.65. The van der Waals surface area contributed by atoms with Gasteiger partial charge in [-0.1, -0.05) is 293 Å². The second-order valence-corrected chi connectivity index (χ2v) is 34.0. The molecule has 0 saturated heterocycles. The Kier molecular flexibility index (Phi) is 63.5. The van der Waals surface area contributed by atoms with Gasteiger partial charge in [0.2, 0.25) is 5.91 Å². The molecule has 26 heteroatoms. The number of carbonyl (C=O) groups is 3. The number of amides is 1.